The van der Waals surface area contributed by atoms with Crippen LogP contribution in [0.15, 0.2) is 36.4 Å². The predicted molar refractivity (Wildman–Crippen MR) is 83.8 cm³/mol. The Hall–Kier alpha value is -3.23. The van der Waals surface area contributed by atoms with Crippen LogP contribution in [0.2, 0.25) is 0 Å². The molecule has 0 aliphatic heterocycles. The first-order valence-corrected chi connectivity index (χ1v) is 7.09. The summed E-state index contributed by atoms with van der Waals surface area (Å²) in [5.74, 6) is -3.48. The number of anilines is 1. The van der Waals surface area contributed by atoms with Gasteiger partial charge in [0.1, 0.15) is 18.2 Å². The monoisotopic (exact) mass is 353 g/mol. The van der Waals surface area contributed by atoms with E-state index in [1.54, 1.807) is 0 Å². The third kappa shape index (κ3) is 5.13. The Balaban J connectivity index is 1.81. The first-order chi connectivity index (χ1) is 11.9. The lowest BCUT2D eigenvalue weighted by Gasteiger charge is -2.10. The first kappa shape index (κ1) is 18.1. The van der Waals surface area contributed by atoms with E-state index in [0.717, 1.165) is 24.3 Å². The summed E-state index contributed by atoms with van der Waals surface area (Å²) in [7, 11) is 0. The van der Waals surface area contributed by atoms with Crippen LogP contribution in [0, 0.1) is 17.5 Å². The molecule has 6 nitrogen and oxygen atoms in total. The summed E-state index contributed by atoms with van der Waals surface area (Å²) in [5.41, 5.74) is 4.82. The van der Waals surface area contributed by atoms with Gasteiger partial charge in [0.25, 0.3) is 5.91 Å². The van der Waals surface area contributed by atoms with Crippen LogP contribution in [0.25, 0.3) is 0 Å². The van der Waals surface area contributed by atoms with Crippen LogP contribution in [-0.4, -0.2) is 25.1 Å². The van der Waals surface area contributed by atoms with Crippen molar-refractivity contribution in [2.24, 2.45) is 5.73 Å². The Morgan fingerprint density at radius 2 is 1.80 bits per heavy atom. The quantitative estimate of drug-likeness (QED) is 0.696. The second kappa shape index (κ2) is 8.04. The van der Waals surface area contributed by atoms with Gasteiger partial charge >= 0.3 is 6.03 Å². The summed E-state index contributed by atoms with van der Waals surface area (Å²) in [4.78, 5) is 22.7. The molecule has 2 rings (SSSR count). The number of rotatable bonds is 6. The highest BCUT2D eigenvalue weighted by atomic mass is 19.1. The Morgan fingerprint density at radius 3 is 2.48 bits per heavy atom. The maximum absolute atomic E-state index is 13.3. The summed E-state index contributed by atoms with van der Waals surface area (Å²) in [6.45, 7) is -0.0432. The van der Waals surface area contributed by atoms with E-state index in [9.17, 15) is 22.8 Å². The van der Waals surface area contributed by atoms with E-state index < -0.39 is 29.4 Å². The Kier molecular flexibility index (Phi) is 5.83. The molecule has 0 fully saturated rings. The Bertz CT molecular complexity index is 799. The van der Waals surface area contributed by atoms with Gasteiger partial charge in [0.15, 0.2) is 11.6 Å². The molecular weight excluding hydrogens is 339 g/mol. The van der Waals surface area contributed by atoms with Gasteiger partial charge in [-0.3, -0.25) is 4.79 Å². The largest absolute Gasteiger partial charge is 0.489 e. The van der Waals surface area contributed by atoms with Crippen LogP contribution in [0.5, 0.6) is 5.75 Å². The zero-order valence-corrected chi connectivity index (χ0v) is 12.8. The molecule has 0 unspecified atom stereocenters. The molecule has 0 aromatic heterocycles. The van der Waals surface area contributed by atoms with Gasteiger partial charge in [-0.05, 0) is 30.3 Å². The van der Waals surface area contributed by atoms with Crippen molar-refractivity contribution >= 4 is 17.6 Å². The maximum Gasteiger partial charge on any atom is 0.319 e. The molecule has 4 N–H and O–H groups in total. The molecule has 2 aromatic carbocycles. The molecule has 2 aromatic rings. The van der Waals surface area contributed by atoms with Crippen LogP contribution < -0.4 is 21.1 Å². The number of carbonyl (C=O) groups excluding carboxylic acids is 2. The minimum absolute atomic E-state index is 0.0204. The average Bonchev–Trinajstić information content (AvgIpc) is 2.54. The SMILES string of the molecule is NC(=O)c1cc(NC(=O)NCCOc2ccc(F)cc2F)ccc1F. The highest BCUT2D eigenvalue weighted by molar-refractivity contribution is 5.96. The smallest absolute Gasteiger partial charge is 0.319 e. The van der Waals surface area contributed by atoms with Crippen LogP contribution in [-0.2, 0) is 0 Å². The summed E-state index contributed by atoms with van der Waals surface area (Å²) in [5, 5.41) is 4.79. The molecule has 0 aliphatic rings. The normalized spacial score (nSPS) is 10.2. The number of carbonyl (C=O) groups is 2. The number of urea groups is 1. The third-order valence-electron chi connectivity index (χ3n) is 3.03. The number of nitrogens with two attached hydrogens (primary N) is 1. The molecule has 0 radical (unpaired) electrons. The number of hydrogen-bond donors (Lipinski definition) is 3. The van der Waals surface area contributed by atoms with Crippen molar-refractivity contribution < 1.29 is 27.5 Å². The minimum Gasteiger partial charge on any atom is -0.489 e. The molecule has 0 heterocycles. The Morgan fingerprint density at radius 1 is 1.04 bits per heavy atom. The molecule has 132 valence electrons. The van der Waals surface area contributed by atoms with Gasteiger partial charge in [-0.2, -0.15) is 0 Å². The van der Waals surface area contributed by atoms with Gasteiger partial charge in [-0.25, -0.2) is 18.0 Å². The fourth-order valence-electron chi connectivity index (χ4n) is 1.88. The van der Waals surface area contributed by atoms with Gasteiger partial charge in [-0.1, -0.05) is 0 Å². The van der Waals surface area contributed by atoms with Crippen molar-refractivity contribution in [2.45, 2.75) is 0 Å². The van der Waals surface area contributed by atoms with Crippen LogP contribution in [0.3, 0.4) is 0 Å². The molecule has 0 bridgehead atoms. The summed E-state index contributed by atoms with van der Waals surface area (Å²) in [6, 6.07) is 5.56. The number of primary amides is 1. The van der Waals surface area contributed by atoms with Gasteiger partial charge < -0.3 is 21.1 Å². The molecule has 9 heteroatoms. The van der Waals surface area contributed by atoms with E-state index in [0.29, 0.717) is 6.07 Å². The number of hydrogen-bond acceptors (Lipinski definition) is 3. The third-order valence-corrected chi connectivity index (χ3v) is 3.03. The zero-order chi connectivity index (χ0) is 18.4. The Labute approximate surface area is 140 Å². The van der Waals surface area contributed by atoms with Gasteiger partial charge in [0.05, 0.1) is 12.1 Å². The second-order valence-corrected chi connectivity index (χ2v) is 4.86. The lowest BCUT2D eigenvalue weighted by molar-refractivity contribution is 0.0996. The summed E-state index contributed by atoms with van der Waals surface area (Å²) < 4.78 is 44.5. The van der Waals surface area contributed by atoms with Crippen molar-refractivity contribution in [2.75, 3.05) is 18.5 Å². The molecule has 0 aliphatic carbocycles. The second-order valence-electron chi connectivity index (χ2n) is 4.86. The van der Waals surface area contributed by atoms with Gasteiger partial charge in [0.2, 0.25) is 0 Å². The molecule has 0 saturated heterocycles. The lowest BCUT2D eigenvalue weighted by atomic mass is 10.2. The van der Waals surface area contributed by atoms with E-state index in [4.69, 9.17) is 10.5 Å². The van der Waals surface area contributed by atoms with Crippen LogP contribution in [0.4, 0.5) is 23.7 Å². The molecule has 0 atom stereocenters. The van der Waals surface area contributed by atoms with Crippen molar-refractivity contribution in [3.05, 3.63) is 59.4 Å². The molecule has 3 amide bonds. The molecule has 25 heavy (non-hydrogen) atoms. The van der Waals surface area contributed by atoms with E-state index in [-0.39, 0.29) is 30.2 Å². The van der Waals surface area contributed by atoms with Crippen LogP contribution in [0.1, 0.15) is 10.4 Å². The van der Waals surface area contributed by atoms with Crippen molar-refractivity contribution in [1.82, 2.24) is 5.32 Å². The van der Waals surface area contributed by atoms with Crippen LogP contribution >= 0.6 is 0 Å². The highest BCUT2D eigenvalue weighted by Crippen LogP contribution is 2.17. The van der Waals surface area contributed by atoms with Crippen molar-refractivity contribution in [3.8, 4) is 5.75 Å². The number of ether oxygens (including phenoxy) is 1. The van der Waals surface area contributed by atoms with E-state index in [2.05, 4.69) is 10.6 Å². The predicted octanol–water partition coefficient (Wildman–Crippen LogP) is 2.40. The first-order valence-electron chi connectivity index (χ1n) is 7.09. The fraction of sp³-hybridized carbons (Fsp3) is 0.125. The summed E-state index contributed by atoms with van der Waals surface area (Å²) in [6.07, 6.45) is 0. The zero-order valence-electron chi connectivity index (χ0n) is 12.8. The van der Waals surface area contributed by atoms with E-state index >= 15 is 0 Å². The number of nitrogens with one attached hydrogen (secondary N) is 2. The highest BCUT2D eigenvalue weighted by Gasteiger charge is 2.10. The number of amides is 3. The topological polar surface area (TPSA) is 93.5 Å². The van der Waals surface area contributed by atoms with Crippen molar-refractivity contribution in [1.29, 1.82) is 0 Å². The van der Waals surface area contributed by atoms with Crippen molar-refractivity contribution in [3.63, 3.8) is 0 Å². The van der Waals surface area contributed by atoms with Gasteiger partial charge in [0, 0.05) is 11.8 Å². The minimum atomic E-state index is -0.962. The maximum atomic E-state index is 13.3. The van der Waals surface area contributed by atoms with E-state index in [1.165, 1.54) is 6.07 Å². The standard InChI is InChI=1S/C16H14F3N3O3/c17-9-1-4-14(13(19)7-9)25-6-5-21-16(24)22-10-2-3-12(18)11(8-10)15(20)23/h1-4,7-8H,5-6H2,(H2,20,23)(H2,21,22,24). The molecular formula is C16H14F3N3O3. The molecule has 0 saturated carbocycles. The summed E-state index contributed by atoms with van der Waals surface area (Å²) >= 11 is 0. The van der Waals surface area contributed by atoms with Gasteiger partial charge in [-0.15, -0.1) is 0 Å². The lowest BCUT2D eigenvalue weighted by Crippen LogP contribution is -2.32. The van der Waals surface area contributed by atoms with E-state index in [1.807, 2.05) is 0 Å². The molecule has 0 spiro atoms. The average molecular weight is 353 g/mol. The number of halogens is 3. The fourth-order valence-corrected chi connectivity index (χ4v) is 1.88. The number of benzene rings is 2.